The summed E-state index contributed by atoms with van der Waals surface area (Å²) in [5.74, 6) is -0.106. The van der Waals surface area contributed by atoms with Crippen LogP contribution in [0.4, 0.5) is 5.82 Å². The van der Waals surface area contributed by atoms with E-state index in [4.69, 9.17) is 11.6 Å². The summed E-state index contributed by atoms with van der Waals surface area (Å²) in [6, 6.07) is 7.42. The second-order valence-corrected chi connectivity index (χ2v) is 7.54. The molecule has 0 aliphatic rings. The van der Waals surface area contributed by atoms with Crippen molar-refractivity contribution in [3.05, 3.63) is 51.6 Å². The summed E-state index contributed by atoms with van der Waals surface area (Å²) in [6.07, 6.45) is 2.57. The normalized spacial score (nSPS) is 11.2. The van der Waals surface area contributed by atoms with Crippen LogP contribution in [0.3, 0.4) is 0 Å². The van der Waals surface area contributed by atoms with Gasteiger partial charge >= 0.3 is 0 Å². The van der Waals surface area contributed by atoms with Crippen LogP contribution in [0, 0.1) is 0 Å². The van der Waals surface area contributed by atoms with Gasteiger partial charge in [-0.1, -0.05) is 11.6 Å². The average molecular weight is 390 g/mol. The molecule has 110 valence electrons. The Morgan fingerprint density at radius 1 is 1.29 bits per heavy atom. The number of amides is 1. The molecule has 0 aliphatic carbocycles. The Hall–Kier alpha value is -1.44. The number of hydrogen-bond acceptors (Lipinski definition) is 4. The summed E-state index contributed by atoms with van der Waals surface area (Å²) in [7, 11) is -3.50. The first-order valence-electron chi connectivity index (χ1n) is 5.70. The summed E-state index contributed by atoms with van der Waals surface area (Å²) in [6.45, 7) is 0. The quantitative estimate of drug-likeness (QED) is 0.875. The number of hydrogen-bond donors (Lipinski definition) is 1. The summed E-state index contributed by atoms with van der Waals surface area (Å²) in [4.78, 5) is 16.0. The molecule has 0 radical (unpaired) electrons. The molecular formula is C13H10BrClN2O3S. The van der Waals surface area contributed by atoms with Crippen molar-refractivity contribution in [2.45, 2.75) is 4.90 Å². The maximum absolute atomic E-state index is 12.1. The minimum absolute atomic E-state index is 0.0795. The van der Waals surface area contributed by atoms with E-state index in [2.05, 4.69) is 26.2 Å². The molecule has 0 atom stereocenters. The average Bonchev–Trinajstić information content (AvgIpc) is 2.40. The zero-order valence-electron chi connectivity index (χ0n) is 10.8. The number of pyridine rings is 1. The fourth-order valence-electron chi connectivity index (χ4n) is 1.57. The van der Waals surface area contributed by atoms with Crippen molar-refractivity contribution in [2.24, 2.45) is 0 Å². The lowest BCUT2D eigenvalue weighted by molar-refractivity contribution is 0.102. The van der Waals surface area contributed by atoms with E-state index in [-0.39, 0.29) is 15.5 Å². The van der Waals surface area contributed by atoms with Gasteiger partial charge in [-0.25, -0.2) is 13.4 Å². The number of nitrogens with zero attached hydrogens (tertiary/aromatic N) is 1. The van der Waals surface area contributed by atoms with Gasteiger partial charge in [-0.2, -0.15) is 0 Å². The number of aromatic nitrogens is 1. The van der Waals surface area contributed by atoms with Gasteiger partial charge in [-0.05, 0) is 46.3 Å². The fraction of sp³-hybridized carbons (Fsp3) is 0.0769. The lowest BCUT2D eigenvalue weighted by atomic mass is 10.2. The van der Waals surface area contributed by atoms with E-state index in [0.717, 1.165) is 10.7 Å². The van der Waals surface area contributed by atoms with Gasteiger partial charge in [0.2, 0.25) is 0 Å². The third-order valence-corrected chi connectivity index (χ3v) is 4.61. The molecule has 0 saturated heterocycles. The van der Waals surface area contributed by atoms with Crippen molar-refractivity contribution in [1.82, 2.24) is 4.98 Å². The molecule has 2 aromatic rings. The Bertz CT molecular complexity index is 792. The van der Waals surface area contributed by atoms with Crippen LogP contribution in [0.15, 0.2) is 45.9 Å². The minimum atomic E-state index is -3.50. The van der Waals surface area contributed by atoms with Crippen molar-refractivity contribution < 1.29 is 13.2 Å². The molecule has 0 bridgehead atoms. The SMILES string of the molecule is CS(=O)(=O)c1cc(C(=O)Nc2ccc(Br)cn2)ccc1Cl. The van der Waals surface area contributed by atoms with Crippen LogP contribution in [0.5, 0.6) is 0 Å². The maximum atomic E-state index is 12.1. The Labute approximate surface area is 135 Å². The summed E-state index contributed by atoms with van der Waals surface area (Å²) < 4.78 is 24.0. The van der Waals surface area contributed by atoms with E-state index in [1.165, 1.54) is 18.2 Å². The first-order chi connectivity index (χ1) is 9.77. The molecule has 0 saturated carbocycles. The Morgan fingerprint density at radius 3 is 2.57 bits per heavy atom. The molecule has 0 aliphatic heterocycles. The first-order valence-corrected chi connectivity index (χ1v) is 8.76. The second kappa shape index (κ2) is 6.13. The van der Waals surface area contributed by atoms with Gasteiger partial charge in [0.1, 0.15) is 5.82 Å². The molecule has 8 heteroatoms. The standard InChI is InChI=1S/C13H10BrClN2O3S/c1-21(19,20)11-6-8(2-4-10(11)15)13(18)17-12-5-3-9(14)7-16-12/h2-7H,1H3,(H,16,17,18). The lowest BCUT2D eigenvalue weighted by Gasteiger charge is -2.07. The number of halogens is 2. The van der Waals surface area contributed by atoms with Gasteiger partial charge in [-0.15, -0.1) is 0 Å². The predicted octanol–water partition coefficient (Wildman–Crippen LogP) is 3.15. The number of rotatable bonds is 3. The second-order valence-electron chi connectivity index (χ2n) is 4.23. The van der Waals surface area contributed by atoms with Crippen LogP contribution in [0.1, 0.15) is 10.4 Å². The molecule has 0 spiro atoms. The van der Waals surface area contributed by atoms with Gasteiger partial charge in [-0.3, -0.25) is 4.79 Å². The monoisotopic (exact) mass is 388 g/mol. The van der Waals surface area contributed by atoms with Crippen LogP contribution < -0.4 is 5.32 Å². The molecule has 5 nitrogen and oxygen atoms in total. The zero-order chi connectivity index (χ0) is 15.6. The van der Waals surface area contributed by atoms with Gasteiger partial charge in [0.15, 0.2) is 9.84 Å². The van der Waals surface area contributed by atoms with Crippen LogP contribution in [-0.2, 0) is 9.84 Å². The van der Waals surface area contributed by atoms with Crippen LogP contribution >= 0.6 is 27.5 Å². The van der Waals surface area contributed by atoms with Crippen molar-refractivity contribution >= 4 is 49.1 Å². The van der Waals surface area contributed by atoms with Crippen LogP contribution in [0.2, 0.25) is 5.02 Å². The number of sulfone groups is 1. The van der Waals surface area contributed by atoms with Crippen molar-refractivity contribution in [3.63, 3.8) is 0 Å². The number of carbonyl (C=O) groups excluding carboxylic acids is 1. The third-order valence-electron chi connectivity index (χ3n) is 2.56. The Balaban J connectivity index is 2.30. The zero-order valence-corrected chi connectivity index (χ0v) is 14.0. The topological polar surface area (TPSA) is 76.1 Å². The van der Waals surface area contributed by atoms with Gasteiger partial charge in [0.05, 0.1) is 9.92 Å². The molecule has 1 heterocycles. The van der Waals surface area contributed by atoms with E-state index < -0.39 is 15.7 Å². The first kappa shape index (κ1) is 15.9. The summed E-state index contributed by atoms with van der Waals surface area (Å²) in [5, 5.41) is 2.65. The lowest BCUT2D eigenvalue weighted by Crippen LogP contribution is -2.13. The van der Waals surface area contributed by atoms with Crippen LogP contribution in [-0.4, -0.2) is 25.6 Å². The van der Waals surface area contributed by atoms with Crippen molar-refractivity contribution in [2.75, 3.05) is 11.6 Å². The van der Waals surface area contributed by atoms with Gasteiger partial charge < -0.3 is 5.32 Å². The fourth-order valence-corrected chi connectivity index (χ4v) is 3.10. The van der Waals surface area contributed by atoms with E-state index in [1.54, 1.807) is 18.3 Å². The Morgan fingerprint density at radius 2 is 2.00 bits per heavy atom. The highest BCUT2D eigenvalue weighted by Crippen LogP contribution is 2.23. The van der Waals surface area contributed by atoms with Crippen LogP contribution in [0.25, 0.3) is 0 Å². The number of nitrogens with one attached hydrogen (secondary N) is 1. The van der Waals surface area contributed by atoms with Crippen molar-refractivity contribution in [1.29, 1.82) is 0 Å². The largest absolute Gasteiger partial charge is 0.307 e. The summed E-state index contributed by atoms with van der Waals surface area (Å²) >= 11 is 9.07. The molecule has 1 amide bonds. The number of anilines is 1. The van der Waals surface area contributed by atoms with E-state index in [9.17, 15) is 13.2 Å². The summed E-state index contributed by atoms with van der Waals surface area (Å²) in [5.41, 5.74) is 0.185. The van der Waals surface area contributed by atoms with Gasteiger partial charge in [0, 0.05) is 22.5 Å². The highest BCUT2D eigenvalue weighted by Gasteiger charge is 2.16. The van der Waals surface area contributed by atoms with E-state index in [0.29, 0.717) is 5.82 Å². The number of benzene rings is 1. The van der Waals surface area contributed by atoms with E-state index >= 15 is 0 Å². The predicted molar refractivity (Wildman–Crippen MR) is 84.5 cm³/mol. The molecule has 2 rings (SSSR count). The van der Waals surface area contributed by atoms with Crippen molar-refractivity contribution in [3.8, 4) is 0 Å². The molecule has 0 unspecified atom stereocenters. The molecule has 1 N–H and O–H groups in total. The smallest absolute Gasteiger partial charge is 0.256 e. The highest BCUT2D eigenvalue weighted by molar-refractivity contribution is 9.10. The number of carbonyl (C=O) groups is 1. The molecule has 0 fully saturated rings. The molecular weight excluding hydrogens is 380 g/mol. The van der Waals surface area contributed by atoms with Gasteiger partial charge in [0.25, 0.3) is 5.91 Å². The van der Waals surface area contributed by atoms with E-state index in [1.807, 2.05) is 0 Å². The maximum Gasteiger partial charge on any atom is 0.256 e. The minimum Gasteiger partial charge on any atom is -0.307 e. The highest BCUT2D eigenvalue weighted by atomic mass is 79.9. The molecule has 1 aromatic heterocycles. The molecule has 1 aromatic carbocycles. The Kier molecular flexibility index (Phi) is 4.65. The molecule has 21 heavy (non-hydrogen) atoms. The third kappa shape index (κ3) is 4.03.